The summed E-state index contributed by atoms with van der Waals surface area (Å²) >= 11 is 0. The molecule has 0 radical (unpaired) electrons. The van der Waals surface area contributed by atoms with E-state index in [1.54, 1.807) is 0 Å². The topological polar surface area (TPSA) is 35.5 Å². The summed E-state index contributed by atoms with van der Waals surface area (Å²) in [5, 5.41) is 0. The Kier molecular flexibility index (Phi) is 4.74. The number of hydrogen-bond acceptors (Lipinski definition) is 3. The Bertz CT molecular complexity index is 638. The van der Waals surface area contributed by atoms with Crippen molar-refractivity contribution in [2.75, 3.05) is 7.11 Å². The number of esters is 1. The summed E-state index contributed by atoms with van der Waals surface area (Å²) in [6.07, 6.45) is 0. The average Bonchev–Trinajstić information content (AvgIpc) is 2.91. The predicted molar refractivity (Wildman–Crippen MR) is 82.6 cm³/mol. The molecule has 1 aromatic carbocycles. The van der Waals surface area contributed by atoms with E-state index < -0.39 is 35.6 Å². The second-order valence-electron chi connectivity index (χ2n) is 7.44. The summed E-state index contributed by atoms with van der Waals surface area (Å²) in [6.45, 7) is 8.24. The lowest BCUT2D eigenvalue weighted by Gasteiger charge is -2.14. The van der Waals surface area contributed by atoms with Gasteiger partial charge in [-0.25, -0.2) is 13.2 Å². The Morgan fingerprint density at radius 1 is 0.958 bits per heavy atom. The zero-order valence-corrected chi connectivity index (χ0v) is 14.9. The van der Waals surface area contributed by atoms with E-state index in [0.717, 1.165) is 0 Å². The van der Waals surface area contributed by atoms with Gasteiger partial charge in [0, 0.05) is 12.7 Å². The Morgan fingerprint density at radius 2 is 1.46 bits per heavy atom. The van der Waals surface area contributed by atoms with Crippen molar-refractivity contribution in [3.8, 4) is 0 Å². The van der Waals surface area contributed by atoms with E-state index in [1.807, 2.05) is 27.7 Å². The molecule has 0 aromatic heterocycles. The summed E-state index contributed by atoms with van der Waals surface area (Å²) in [5.74, 6) is -4.20. The molecular weight excluding hydrogens is 321 g/mol. The summed E-state index contributed by atoms with van der Waals surface area (Å²) in [6, 6.07) is 0. The molecule has 2 rings (SSSR count). The van der Waals surface area contributed by atoms with Crippen LogP contribution < -0.4 is 0 Å². The van der Waals surface area contributed by atoms with Gasteiger partial charge < -0.3 is 9.47 Å². The highest BCUT2D eigenvalue weighted by Crippen LogP contribution is 2.68. The number of ether oxygens (including phenoxy) is 2. The van der Waals surface area contributed by atoms with Crippen LogP contribution >= 0.6 is 0 Å². The van der Waals surface area contributed by atoms with Crippen molar-refractivity contribution < 1.29 is 27.4 Å². The van der Waals surface area contributed by atoms with Gasteiger partial charge in [-0.1, -0.05) is 27.7 Å². The molecule has 1 aliphatic carbocycles. The van der Waals surface area contributed by atoms with Crippen LogP contribution in [0.15, 0.2) is 0 Å². The first kappa shape index (κ1) is 18.8. The minimum atomic E-state index is -1.31. The number of methoxy groups -OCH3 is 1. The zero-order valence-electron chi connectivity index (χ0n) is 14.9. The Balaban J connectivity index is 2.21. The largest absolute Gasteiger partial charge is 0.460 e. The fourth-order valence-corrected chi connectivity index (χ4v) is 3.34. The molecule has 0 spiro atoms. The number of hydrogen-bond donors (Lipinski definition) is 0. The van der Waals surface area contributed by atoms with Gasteiger partial charge in [0.2, 0.25) is 0 Å². The van der Waals surface area contributed by atoms with Crippen molar-refractivity contribution in [1.29, 1.82) is 0 Å². The number of halogens is 3. The molecule has 0 heterocycles. The van der Waals surface area contributed by atoms with Crippen LogP contribution in [0.4, 0.5) is 13.2 Å². The van der Waals surface area contributed by atoms with E-state index >= 15 is 0 Å². The molecule has 1 aliphatic rings. The molecule has 0 atom stereocenters. The van der Waals surface area contributed by atoms with Crippen molar-refractivity contribution in [2.45, 2.75) is 47.8 Å². The molecule has 0 bridgehead atoms. The van der Waals surface area contributed by atoms with Crippen LogP contribution in [0, 0.1) is 41.1 Å². The van der Waals surface area contributed by atoms with Crippen LogP contribution in [0.5, 0.6) is 0 Å². The third-order valence-electron chi connectivity index (χ3n) is 5.67. The molecule has 3 nitrogen and oxygen atoms in total. The van der Waals surface area contributed by atoms with Crippen molar-refractivity contribution >= 4 is 5.97 Å². The molecule has 0 amide bonds. The number of carbonyl (C=O) groups excluding carboxylic acids is 1. The smallest absolute Gasteiger partial charge is 0.310 e. The first-order valence-electron chi connectivity index (χ1n) is 7.78. The molecule has 24 heavy (non-hydrogen) atoms. The maximum absolute atomic E-state index is 14.2. The lowest BCUT2D eigenvalue weighted by Crippen LogP contribution is -2.15. The number of benzene rings is 1. The van der Waals surface area contributed by atoms with E-state index in [2.05, 4.69) is 0 Å². The summed E-state index contributed by atoms with van der Waals surface area (Å²) in [4.78, 5) is 12.2. The van der Waals surface area contributed by atoms with Gasteiger partial charge in [-0.05, 0) is 23.3 Å². The van der Waals surface area contributed by atoms with Crippen LogP contribution in [0.3, 0.4) is 0 Å². The monoisotopic (exact) mass is 344 g/mol. The lowest BCUT2D eigenvalue weighted by molar-refractivity contribution is -0.148. The first-order chi connectivity index (χ1) is 11.0. The first-order valence-corrected chi connectivity index (χ1v) is 7.78. The number of rotatable bonds is 5. The standard InChI is InChI=1S/C18H23F3O3/c1-9-10(13(20)14(21)11(7-23-6)12(9)19)8-24-16(22)15-17(2,3)18(15,4)5/h15H,7-8H2,1-6H3. The van der Waals surface area contributed by atoms with Crippen LogP contribution in [-0.4, -0.2) is 13.1 Å². The number of carbonyl (C=O) groups is 1. The zero-order chi connectivity index (χ0) is 18.4. The molecule has 1 fully saturated rings. The molecule has 1 aromatic rings. The van der Waals surface area contributed by atoms with Gasteiger partial charge >= 0.3 is 5.97 Å². The van der Waals surface area contributed by atoms with Crippen LogP contribution in [0.2, 0.25) is 0 Å². The second-order valence-corrected chi connectivity index (χ2v) is 7.44. The van der Waals surface area contributed by atoms with E-state index in [4.69, 9.17) is 9.47 Å². The van der Waals surface area contributed by atoms with Gasteiger partial charge in [-0.2, -0.15) is 0 Å². The maximum Gasteiger partial charge on any atom is 0.310 e. The van der Waals surface area contributed by atoms with E-state index in [1.165, 1.54) is 14.0 Å². The van der Waals surface area contributed by atoms with E-state index in [9.17, 15) is 18.0 Å². The molecule has 0 N–H and O–H groups in total. The molecule has 134 valence electrons. The molecule has 0 aliphatic heterocycles. The lowest BCUT2D eigenvalue weighted by atomic mass is 10.0. The summed E-state index contributed by atoms with van der Waals surface area (Å²) in [7, 11) is 1.26. The average molecular weight is 344 g/mol. The summed E-state index contributed by atoms with van der Waals surface area (Å²) < 4.78 is 52.3. The van der Waals surface area contributed by atoms with Gasteiger partial charge in [-0.15, -0.1) is 0 Å². The van der Waals surface area contributed by atoms with Gasteiger partial charge in [0.25, 0.3) is 0 Å². The SMILES string of the molecule is COCc1c(F)c(C)c(COC(=O)C2C(C)(C)C2(C)C)c(F)c1F. The minimum Gasteiger partial charge on any atom is -0.460 e. The van der Waals surface area contributed by atoms with Gasteiger partial charge in [0.15, 0.2) is 11.6 Å². The normalized spacial score (nSPS) is 18.5. The fourth-order valence-electron chi connectivity index (χ4n) is 3.34. The Morgan fingerprint density at radius 3 is 1.92 bits per heavy atom. The quantitative estimate of drug-likeness (QED) is 0.591. The molecule has 0 unspecified atom stereocenters. The fraction of sp³-hybridized carbons (Fsp3) is 0.611. The Hall–Kier alpha value is -1.56. The third-order valence-corrected chi connectivity index (χ3v) is 5.67. The predicted octanol–water partition coefficient (Wildman–Crippen LogP) is 4.28. The highest BCUT2D eigenvalue weighted by atomic mass is 19.2. The van der Waals surface area contributed by atoms with Crippen LogP contribution in [0.25, 0.3) is 0 Å². The van der Waals surface area contributed by atoms with Crippen molar-refractivity contribution in [1.82, 2.24) is 0 Å². The van der Waals surface area contributed by atoms with E-state index in [-0.39, 0.29) is 34.5 Å². The third kappa shape index (κ3) is 2.70. The minimum absolute atomic E-state index is 0.0805. The van der Waals surface area contributed by atoms with E-state index in [0.29, 0.717) is 0 Å². The van der Waals surface area contributed by atoms with Crippen LogP contribution in [-0.2, 0) is 27.5 Å². The van der Waals surface area contributed by atoms with Crippen molar-refractivity contribution in [3.63, 3.8) is 0 Å². The molecular formula is C18H23F3O3. The van der Waals surface area contributed by atoms with Gasteiger partial charge in [-0.3, -0.25) is 4.79 Å². The van der Waals surface area contributed by atoms with Gasteiger partial charge in [0.1, 0.15) is 12.4 Å². The van der Waals surface area contributed by atoms with Crippen molar-refractivity contribution in [2.24, 2.45) is 16.7 Å². The van der Waals surface area contributed by atoms with Crippen LogP contribution in [0.1, 0.15) is 44.4 Å². The van der Waals surface area contributed by atoms with Gasteiger partial charge in [0.05, 0.1) is 18.1 Å². The Labute approximate surface area is 140 Å². The molecule has 0 saturated heterocycles. The molecule has 1 saturated carbocycles. The highest BCUT2D eigenvalue weighted by Gasteiger charge is 2.69. The molecule has 6 heteroatoms. The second kappa shape index (κ2) is 6.06. The maximum atomic E-state index is 14.2. The highest BCUT2D eigenvalue weighted by molar-refractivity contribution is 5.78. The van der Waals surface area contributed by atoms with Crippen molar-refractivity contribution in [3.05, 3.63) is 34.1 Å². The summed E-state index contributed by atoms with van der Waals surface area (Å²) in [5.41, 5.74) is -1.28.